The van der Waals surface area contributed by atoms with Gasteiger partial charge >= 0.3 is 0 Å². The fraction of sp³-hybridized carbons (Fsp3) is 0.385. The van der Waals surface area contributed by atoms with E-state index in [1.165, 1.54) is 16.5 Å². The second kappa shape index (κ2) is 14.9. The number of hydrogen-bond donors (Lipinski definition) is 2. The zero-order valence-corrected chi connectivity index (χ0v) is 28.7. The van der Waals surface area contributed by atoms with E-state index in [4.69, 9.17) is 31.0 Å². The molecule has 0 saturated carbocycles. The summed E-state index contributed by atoms with van der Waals surface area (Å²) >= 11 is 6.54. The third-order valence-corrected chi connectivity index (χ3v) is 9.86. The van der Waals surface area contributed by atoms with E-state index < -0.39 is 0 Å². The molecule has 3 aromatic carbocycles. The third-order valence-electron chi connectivity index (χ3n) is 9.49. The van der Waals surface area contributed by atoms with Crippen molar-refractivity contribution in [1.82, 2.24) is 14.9 Å². The molecule has 2 aliphatic rings. The van der Waals surface area contributed by atoms with Crippen molar-refractivity contribution in [2.75, 3.05) is 54.9 Å². The highest BCUT2D eigenvalue weighted by Gasteiger charge is 2.24. The average Bonchev–Trinajstić information content (AvgIpc) is 3.11. The number of fused-ring (bicyclic) bond motifs is 2. The van der Waals surface area contributed by atoms with Crippen molar-refractivity contribution in [2.45, 2.75) is 58.2 Å². The first-order valence-corrected chi connectivity index (χ1v) is 17.8. The second-order valence-electron chi connectivity index (χ2n) is 12.8. The average molecular weight is 665 g/mol. The van der Waals surface area contributed by atoms with E-state index in [9.17, 15) is 0 Å². The van der Waals surface area contributed by atoms with Crippen LogP contribution in [0, 0.1) is 0 Å². The van der Waals surface area contributed by atoms with Gasteiger partial charge in [0.25, 0.3) is 0 Å². The molecule has 0 spiro atoms. The molecular weight excluding hydrogens is 620 g/mol. The number of likely N-dealkylation sites (tertiary alicyclic amines) is 1. The second-order valence-corrected chi connectivity index (χ2v) is 13.2. The molecule has 0 amide bonds. The number of benzene rings is 3. The van der Waals surface area contributed by atoms with E-state index in [-0.39, 0.29) is 0 Å². The molecule has 7 rings (SSSR count). The van der Waals surface area contributed by atoms with Gasteiger partial charge in [-0.3, -0.25) is 4.90 Å². The van der Waals surface area contributed by atoms with Crippen LogP contribution in [0.5, 0.6) is 11.5 Å². The molecule has 0 unspecified atom stereocenters. The minimum Gasteiger partial charge on any atom is -0.492 e. The summed E-state index contributed by atoms with van der Waals surface area (Å²) in [5, 5.41) is 10.4. The highest BCUT2D eigenvalue weighted by Crippen LogP contribution is 2.37. The van der Waals surface area contributed by atoms with Gasteiger partial charge in [0.1, 0.15) is 28.2 Å². The highest BCUT2D eigenvalue weighted by atomic mass is 35.5. The molecule has 9 heteroatoms. The molecule has 0 radical (unpaired) electrons. The number of aromatic nitrogens is 2. The molecule has 48 heavy (non-hydrogen) atoms. The van der Waals surface area contributed by atoms with Crippen molar-refractivity contribution in [3.05, 3.63) is 89.4 Å². The molecule has 4 heterocycles. The Hall–Kier alpha value is -4.27. The van der Waals surface area contributed by atoms with Gasteiger partial charge in [-0.05, 0) is 81.5 Å². The van der Waals surface area contributed by atoms with Crippen molar-refractivity contribution in [3.8, 4) is 11.5 Å². The van der Waals surface area contributed by atoms with Crippen molar-refractivity contribution in [3.63, 3.8) is 0 Å². The molecule has 0 atom stereocenters. The summed E-state index contributed by atoms with van der Waals surface area (Å²) in [4.78, 5) is 14.9. The van der Waals surface area contributed by atoms with E-state index in [1.54, 1.807) is 0 Å². The molecule has 2 saturated heterocycles. The Balaban J connectivity index is 0.981. The molecule has 2 fully saturated rings. The normalized spacial score (nSPS) is 16.4. The van der Waals surface area contributed by atoms with E-state index in [0.717, 1.165) is 86.6 Å². The van der Waals surface area contributed by atoms with Crippen LogP contribution in [0.15, 0.2) is 78.9 Å². The van der Waals surface area contributed by atoms with Crippen molar-refractivity contribution < 1.29 is 9.47 Å². The predicted octanol–water partition coefficient (Wildman–Crippen LogP) is 8.39. The lowest BCUT2D eigenvalue weighted by atomic mass is 10.0. The fourth-order valence-electron chi connectivity index (χ4n) is 7.05. The third kappa shape index (κ3) is 7.40. The van der Waals surface area contributed by atoms with Crippen LogP contribution in [0.3, 0.4) is 0 Å². The van der Waals surface area contributed by atoms with Crippen molar-refractivity contribution in [2.24, 2.45) is 0 Å². The van der Waals surface area contributed by atoms with Gasteiger partial charge in [0, 0.05) is 67.3 Å². The molecule has 2 aliphatic heterocycles. The summed E-state index contributed by atoms with van der Waals surface area (Å²) < 4.78 is 11.6. The number of para-hydroxylation sites is 2. The summed E-state index contributed by atoms with van der Waals surface area (Å²) in [5.74, 6) is 3.30. The molecule has 2 aromatic heterocycles. The number of pyridine rings is 2. The van der Waals surface area contributed by atoms with Crippen LogP contribution in [-0.4, -0.2) is 66.3 Å². The van der Waals surface area contributed by atoms with E-state index in [2.05, 4.69) is 93.2 Å². The SMILES string of the molecule is CCOc1cc(CN2CCC(Nc3cc(N4CCC(Nc5ccc6ccccc6n5)CC4)c4ccccc4n3)CC2)cc(OCC)c1Cl. The van der Waals surface area contributed by atoms with Gasteiger partial charge in [-0.2, -0.15) is 0 Å². The van der Waals surface area contributed by atoms with Crippen LogP contribution in [-0.2, 0) is 6.54 Å². The Kier molecular flexibility index (Phi) is 10.0. The number of rotatable bonds is 11. The molecule has 2 N–H and O–H groups in total. The first-order chi connectivity index (χ1) is 23.6. The number of halogens is 1. The topological polar surface area (TPSA) is 74.8 Å². The van der Waals surface area contributed by atoms with Crippen LogP contribution in [0.4, 0.5) is 17.3 Å². The lowest BCUT2D eigenvalue weighted by Gasteiger charge is -2.35. The van der Waals surface area contributed by atoms with Gasteiger partial charge in [-0.1, -0.05) is 48.0 Å². The largest absolute Gasteiger partial charge is 0.492 e. The van der Waals surface area contributed by atoms with Crippen LogP contribution >= 0.6 is 11.6 Å². The first-order valence-electron chi connectivity index (χ1n) is 17.4. The Morgan fingerprint density at radius 2 is 1.31 bits per heavy atom. The van der Waals surface area contributed by atoms with Crippen LogP contribution < -0.4 is 25.0 Å². The van der Waals surface area contributed by atoms with Crippen LogP contribution in [0.2, 0.25) is 5.02 Å². The first kappa shape index (κ1) is 32.3. The summed E-state index contributed by atoms with van der Waals surface area (Å²) in [5.41, 5.74) is 4.49. The maximum atomic E-state index is 6.54. The number of hydrogen-bond acceptors (Lipinski definition) is 8. The van der Waals surface area contributed by atoms with E-state index in [1.807, 2.05) is 19.9 Å². The Labute approximate surface area is 288 Å². The minimum atomic E-state index is 0.371. The number of anilines is 3. The van der Waals surface area contributed by atoms with E-state index >= 15 is 0 Å². The number of nitrogens with one attached hydrogen (secondary N) is 2. The monoisotopic (exact) mass is 664 g/mol. The highest BCUT2D eigenvalue weighted by molar-refractivity contribution is 6.33. The van der Waals surface area contributed by atoms with E-state index in [0.29, 0.717) is 41.8 Å². The standard InChI is InChI=1S/C39H45ClN6O2/c1-3-47-35-23-27(24-36(39(35)40)48-4-2)26-45-19-15-29(16-20-45)42-38-25-34(31-10-6-8-12-33(31)44-38)46-21-17-30(18-22-46)41-37-14-13-28-9-5-7-11-32(28)43-37/h5-14,23-25,29-30H,3-4,15-22,26H2,1-2H3,(H,41,43)(H,42,44). The number of piperidine rings is 2. The lowest BCUT2D eigenvalue weighted by molar-refractivity contribution is 0.210. The Morgan fingerprint density at radius 3 is 2.02 bits per heavy atom. The Morgan fingerprint density at radius 1 is 0.708 bits per heavy atom. The van der Waals surface area contributed by atoms with Gasteiger partial charge in [-0.25, -0.2) is 9.97 Å². The summed E-state index contributed by atoms with van der Waals surface area (Å²) in [6, 6.07) is 28.2. The van der Waals surface area contributed by atoms with Crippen LogP contribution in [0.25, 0.3) is 21.8 Å². The van der Waals surface area contributed by atoms with Gasteiger partial charge in [0.2, 0.25) is 0 Å². The smallest absolute Gasteiger partial charge is 0.141 e. The van der Waals surface area contributed by atoms with Gasteiger partial charge in [-0.15, -0.1) is 0 Å². The van der Waals surface area contributed by atoms with Gasteiger partial charge in [0.05, 0.1) is 24.2 Å². The molecular formula is C39H45ClN6O2. The summed E-state index contributed by atoms with van der Waals surface area (Å²) in [7, 11) is 0. The molecule has 250 valence electrons. The Bertz CT molecular complexity index is 1830. The van der Waals surface area contributed by atoms with Crippen molar-refractivity contribution in [1.29, 1.82) is 0 Å². The fourth-order valence-corrected chi connectivity index (χ4v) is 7.27. The molecule has 0 bridgehead atoms. The number of nitrogens with zero attached hydrogens (tertiary/aromatic N) is 4. The van der Waals surface area contributed by atoms with Gasteiger partial charge in [0.15, 0.2) is 0 Å². The van der Waals surface area contributed by atoms with Crippen molar-refractivity contribution >= 4 is 50.7 Å². The maximum Gasteiger partial charge on any atom is 0.141 e. The maximum absolute atomic E-state index is 6.54. The summed E-state index contributed by atoms with van der Waals surface area (Å²) in [6.07, 6.45) is 4.21. The van der Waals surface area contributed by atoms with Crippen LogP contribution in [0.1, 0.15) is 45.1 Å². The van der Waals surface area contributed by atoms with Gasteiger partial charge < -0.3 is 25.0 Å². The molecule has 8 nitrogen and oxygen atoms in total. The zero-order chi connectivity index (χ0) is 32.9. The molecule has 5 aromatic rings. The quantitative estimate of drug-likeness (QED) is 0.146. The number of ether oxygens (including phenoxy) is 2. The lowest BCUT2D eigenvalue weighted by Crippen LogP contribution is -2.40. The zero-order valence-electron chi connectivity index (χ0n) is 27.9. The predicted molar refractivity (Wildman–Crippen MR) is 198 cm³/mol. The molecule has 0 aliphatic carbocycles. The summed E-state index contributed by atoms with van der Waals surface area (Å²) in [6.45, 7) is 9.88. The minimum absolute atomic E-state index is 0.371.